The third-order valence-electron chi connectivity index (χ3n) is 5.15. The van der Waals surface area contributed by atoms with Gasteiger partial charge in [0.25, 0.3) is 0 Å². The van der Waals surface area contributed by atoms with Crippen molar-refractivity contribution in [1.82, 2.24) is 10.2 Å². The molecule has 7 heteroatoms. The summed E-state index contributed by atoms with van der Waals surface area (Å²) < 4.78 is 13.1. The minimum Gasteiger partial charge on any atom is -0.392 e. The van der Waals surface area contributed by atoms with Crippen molar-refractivity contribution in [2.75, 3.05) is 50.7 Å². The molecule has 0 amide bonds. The molecule has 1 aromatic rings. The molecular formula is C18H30Cl2FN3O. The summed E-state index contributed by atoms with van der Waals surface area (Å²) in [5, 5.41) is 13.9. The Kier molecular flexibility index (Phi) is 10.1. The van der Waals surface area contributed by atoms with Crippen LogP contribution in [0.5, 0.6) is 0 Å². The van der Waals surface area contributed by atoms with Crippen LogP contribution in [0.25, 0.3) is 0 Å². The Morgan fingerprint density at radius 3 is 2.40 bits per heavy atom. The van der Waals surface area contributed by atoms with Gasteiger partial charge in [0.05, 0.1) is 6.10 Å². The molecule has 2 fully saturated rings. The molecule has 0 aromatic heterocycles. The lowest BCUT2D eigenvalue weighted by molar-refractivity contribution is 0.0525. The van der Waals surface area contributed by atoms with Crippen LogP contribution in [0.2, 0.25) is 0 Å². The van der Waals surface area contributed by atoms with Gasteiger partial charge in [-0.3, -0.25) is 4.90 Å². The van der Waals surface area contributed by atoms with Gasteiger partial charge < -0.3 is 15.3 Å². The van der Waals surface area contributed by atoms with Crippen molar-refractivity contribution in [3.63, 3.8) is 0 Å². The van der Waals surface area contributed by atoms with Crippen LogP contribution < -0.4 is 10.2 Å². The van der Waals surface area contributed by atoms with Gasteiger partial charge in [0.2, 0.25) is 0 Å². The summed E-state index contributed by atoms with van der Waals surface area (Å²) >= 11 is 0. The minimum absolute atomic E-state index is 0. The van der Waals surface area contributed by atoms with Gasteiger partial charge in [-0.15, -0.1) is 24.8 Å². The fourth-order valence-electron chi connectivity index (χ4n) is 3.71. The Morgan fingerprint density at radius 2 is 1.72 bits per heavy atom. The summed E-state index contributed by atoms with van der Waals surface area (Å²) in [7, 11) is 0. The molecule has 2 aliphatic heterocycles. The third kappa shape index (κ3) is 6.57. The van der Waals surface area contributed by atoms with Crippen LogP contribution in [0.1, 0.15) is 19.3 Å². The molecule has 3 rings (SSSR count). The Morgan fingerprint density at radius 1 is 1.04 bits per heavy atom. The highest BCUT2D eigenvalue weighted by Crippen LogP contribution is 2.20. The van der Waals surface area contributed by atoms with Crippen molar-refractivity contribution >= 4 is 30.5 Å². The van der Waals surface area contributed by atoms with Crippen molar-refractivity contribution in [2.24, 2.45) is 5.92 Å². The Hall–Kier alpha value is -0.590. The quantitative estimate of drug-likeness (QED) is 0.824. The molecular weight excluding hydrogens is 364 g/mol. The molecule has 1 atom stereocenters. The maximum absolute atomic E-state index is 13.1. The average molecular weight is 394 g/mol. The van der Waals surface area contributed by atoms with Crippen molar-refractivity contribution in [2.45, 2.75) is 25.4 Å². The predicted octanol–water partition coefficient (Wildman–Crippen LogP) is 2.54. The summed E-state index contributed by atoms with van der Waals surface area (Å²) in [5.41, 5.74) is 1.09. The van der Waals surface area contributed by atoms with Gasteiger partial charge in [-0.05, 0) is 69.1 Å². The zero-order chi connectivity index (χ0) is 16.1. The summed E-state index contributed by atoms with van der Waals surface area (Å²) in [6.07, 6.45) is 3.03. The fraction of sp³-hybridized carbons (Fsp3) is 0.667. The molecule has 144 valence electrons. The number of anilines is 1. The summed E-state index contributed by atoms with van der Waals surface area (Å²) in [5.74, 6) is 0.253. The molecule has 0 aliphatic carbocycles. The average Bonchev–Trinajstić information content (AvgIpc) is 2.82. The number of β-amino-alcohol motifs (C(OH)–C–C–N with tert-alkyl or cyclic N) is 1. The number of halogens is 3. The monoisotopic (exact) mass is 393 g/mol. The van der Waals surface area contributed by atoms with Crippen LogP contribution in [0.15, 0.2) is 24.3 Å². The number of hydrogen-bond acceptors (Lipinski definition) is 4. The Bertz CT molecular complexity index is 486. The largest absolute Gasteiger partial charge is 0.392 e. The van der Waals surface area contributed by atoms with Gasteiger partial charge in [-0.25, -0.2) is 4.39 Å². The first-order valence-corrected chi connectivity index (χ1v) is 8.84. The second-order valence-electron chi connectivity index (χ2n) is 6.77. The van der Waals surface area contributed by atoms with Gasteiger partial charge in [0.1, 0.15) is 5.82 Å². The minimum atomic E-state index is -0.213. The molecule has 0 bridgehead atoms. The van der Waals surface area contributed by atoms with Crippen molar-refractivity contribution < 1.29 is 9.50 Å². The summed E-state index contributed by atoms with van der Waals surface area (Å²) in [4.78, 5) is 4.70. The maximum Gasteiger partial charge on any atom is 0.123 e. The summed E-state index contributed by atoms with van der Waals surface area (Å²) in [6.45, 7) is 6.75. The number of aliphatic hydroxyl groups excluding tert-OH is 1. The Labute approximate surface area is 162 Å². The van der Waals surface area contributed by atoms with Crippen LogP contribution in [0.4, 0.5) is 10.1 Å². The molecule has 2 aliphatic rings. The van der Waals surface area contributed by atoms with Gasteiger partial charge >= 0.3 is 0 Å². The normalized spacial score (nSPS) is 21.0. The number of piperidine rings is 1. The summed E-state index contributed by atoms with van der Waals surface area (Å²) in [6, 6.07) is 6.77. The van der Waals surface area contributed by atoms with Crippen LogP contribution in [-0.4, -0.2) is 61.9 Å². The molecule has 25 heavy (non-hydrogen) atoms. The topological polar surface area (TPSA) is 38.7 Å². The van der Waals surface area contributed by atoms with Crippen molar-refractivity contribution in [1.29, 1.82) is 0 Å². The first-order chi connectivity index (χ1) is 11.2. The number of aliphatic hydroxyl groups is 1. The molecule has 0 radical (unpaired) electrons. The molecule has 4 nitrogen and oxygen atoms in total. The fourth-order valence-corrected chi connectivity index (χ4v) is 3.71. The first-order valence-electron chi connectivity index (χ1n) is 8.84. The number of nitrogens with zero attached hydrogens (tertiary/aromatic N) is 2. The number of rotatable bonds is 4. The molecule has 1 unspecified atom stereocenters. The van der Waals surface area contributed by atoms with Gasteiger partial charge in [0, 0.05) is 31.9 Å². The zero-order valence-corrected chi connectivity index (χ0v) is 16.2. The molecule has 2 saturated heterocycles. The number of hydrogen-bond donors (Lipinski definition) is 2. The predicted molar refractivity (Wildman–Crippen MR) is 106 cm³/mol. The van der Waals surface area contributed by atoms with E-state index in [0.717, 1.165) is 70.8 Å². The van der Waals surface area contributed by atoms with Crippen LogP contribution in [0.3, 0.4) is 0 Å². The lowest BCUT2D eigenvalue weighted by Crippen LogP contribution is -2.42. The van der Waals surface area contributed by atoms with Gasteiger partial charge in [-0.2, -0.15) is 0 Å². The van der Waals surface area contributed by atoms with E-state index in [0.29, 0.717) is 5.92 Å². The standard InChI is InChI=1S/C18H28FN3O.2ClH/c19-16-2-4-17(5-3-16)22-11-1-10-21(12-13-22)14-18(23)15-6-8-20-9-7-15;;/h2-5,15,18,20,23H,1,6-14H2;2*1H. The van der Waals surface area contributed by atoms with E-state index in [4.69, 9.17) is 0 Å². The van der Waals surface area contributed by atoms with E-state index in [9.17, 15) is 9.50 Å². The smallest absolute Gasteiger partial charge is 0.123 e. The molecule has 1 aromatic carbocycles. The van der Waals surface area contributed by atoms with Crippen molar-refractivity contribution in [3.05, 3.63) is 30.1 Å². The van der Waals surface area contributed by atoms with Crippen LogP contribution in [-0.2, 0) is 0 Å². The Balaban J connectivity index is 0.00000156. The van der Waals surface area contributed by atoms with E-state index in [-0.39, 0.29) is 36.7 Å². The first kappa shape index (κ1) is 22.5. The molecule has 0 saturated carbocycles. The number of benzene rings is 1. The lowest BCUT2D eigenvalue weighted by atomic mass is 9.92. The highest BCUT2D eigenvalue weighted by atomic mass is 35.5. The van der Waals surface area contributed by atoms with Crippen molar-refractivity contribution in [3.8, 4) is 0 Å². The second kappa shape index (κ2) is 11.2. The molecule has 0 spiro atoms. The SMILES string of the molecule is Cl.Cl.OC(CN1CCCN(c2ccc(F)cc2)CC1)C1CCNCC1. The lowest BCUT2D eigenvalue weighted by Gasteiger charge is -2.31. The van der Waals surface area contributed by atoms with E-state index in [2.05, 4.69) is 15.1 Å². The highest BCUT2D eigenvalue weighted by molar-refractivity contribution is 5.85. The second-order valence-corrected chi connectivity index (χ2v) is 6.77. The van der Waals surface area contributed by atoms with E-state index < -0.39 is 0 Å². The molecule has 2 heterocycles. The van der Waals surface area contributed by atoms with E-state index >= 15 is 0 Å². The third-order valence-corrected chi connectivity index (χ3v) is 5.15. The zero-order valence-electron chi connectivity index (χ0n) is 14.6. The van der Waals surface area contributed by atoms with E-state index in [1.165, 1.54) is 12.1 Å². The molecule has 2 N–H and O–H groups in total. The van der Waals surface area contributed by atoms with Crippen LogP contribution >= 0.6 is 24.8 Å². The number of nitrogens with one attached hydrogen (secondary N) is 1. The van der Waals surface area contributed by atoms with Gasteiger partial charge in [0.15, 0.2) is 0 Å². The van der Waals surface area contributed by atoms with E-state index in [1.54, 1.807) is 0 Å². The van der Waals surface area contributed by atoms with E-state index in [1.807, 2.05) is 12.1 Å². The van der Waals surface area contributed by atoms with Gasteiger partial charge in [-0.1, -0.05) is 0 Å². The highest BCUT2D eigenvalue weighted by Gasteiger charge is 2.24. The van der Waals surface area contributed by atoms with Crippen LogP contribution in [0, 0.1) is 11.7 Å². The maximum atomic E-state index is 13.1.